The molecule has 3 aromatic rings. The zero-order valence-corrected chi connectivity index (χ0v) is 17.3. The van der Waals surface area contributed by atoms with Crippen LogP contribution in [-0.2, 0) is 14.9 Å². The van der Waals surface area contributed by atoms with Gasteiger partial charge >= 0.3 is 12.2 Å². The summed E-state index contributed by atoms with van der Waals surface area (Å²) in [6.07, 6.45) is -1.28. The number of hydrogen-bond donors (Lipinski definition) is 3. The molecule has 0 bridgehead atoms. The van der Waals surface area contributed by atoms with Crippen molar-refractivity contribution in [3.05, 3.63) is 28.9 Å². The number of benzene rings is 1. The maximum absolute atomic E-state index is 11.7. The summed E-state index contributed by atoms with van der Waals surface area (Å²) in [6, 6.07) is 4.83. The molecule has 0 atom stereocenters. The van der Waals surface area contributed by atoms with Gasteiger partial charge in [-0.05, 0) is 18.2 Å². The Morgan fingerprint density at radius 2 is 1.76 bits per heavy atom. The average molecular weight is 421 g/mol. The van der Waals surface area contributed by atoms with Crippen molar-refractivity contribution in [1.29, 1.82) is 0 Å². The van der Waals surface area contributed by atoms with E-state index in [1.807, 2.05) is 20.8 Å². The number of nitrogens with zero attached hydrogens (tertiary/aromatic N) is 3. The highest BCUT2D eigenvalue weighted by atomic mass is 35.5. The quantitative estimate of drug-likeness (QED) is 0.587. The first-order chi connectivity index (χ1) is 13.6. The lowest BCUT2D eigenvalue weighted by Gasteiger charge is -2.15. The van der Waals surface area contributed by atoms with Gasteiger partial charge in [-0.1, -0.05) is 32.4 Å². The third-order valence-corrected chi connectivity index (χ3v) is 4.44. The molecule has 10 nitrogen and oxygen atoms in total. The predicted octanol–water partition coefficient (Wildman–Crippen LogP) is 4.03. The molecule has 0 fully saturated rings. The molecule has 0 saturated heterocycles. The van der Waals surface area contributed by atoms with Crippen molar-refractivity contribution >= 4 is 40.8 Å². The number of rotatable bonds is 3. The van der Waals surface area contributed by atoms with Crippen molar-refractivity contribution < 1.29 is 19.1 Å². The monoisotopic (exact) mass is 420 g/mol. The first kappa shape index (κ1) is 20.5. The van der Waals surface area contributed by atoms with E-state index >= 15 is 0 Å². The number of aromatic amines is 1. The van der Waals surface area contributed by atoms with Crippen molar-refractivity contribution in [2.24, 2.45) is 0 Å². The van der Waals surface area contributed by atoms with Gasteiger partial charge in [0.2, 0.25) is 0 Å². The molecule has 11 heteroatoms. The van der Waals surface area contributed by atoms with Crippen LogP contribution in [0.5, 0.6) is 0 Å². The first-order valence-corrected chi connectivity index (χ1v) is 9.01. The fraction of sp³-hybridized carbons (Fsp3) is 0.333. The van der Waals surface area contributed by atoms with Crippen molar-refractivity contribution in [2.75, 3.05) is 24.9 Å². The number of amides is 2. The number of H-pyrrole nitrogens is 1. The normalized spacial score (nSPS) is 11.4. The number of nitrogens with one attached hydrogen (secondary N) is 3. The Labute approximate surface area is 171 Å². The zero-order chi connectivity index (χ0) is 21.3. The molecule has 0 radical (unpaired) electrons. The van der Waals surface area contributed by atoms with Gasteiger partial charge in [-0.3, -0.25) is 10.6 Å². The Bertz CT molecular complexity index is 1080. The lowest BCUT2D eigenvalue weighted by molar-refractivity contribution is 0.186. The van der Waals surface area contributed by atoms with Gasteiger partial charge < -0.3 is 14.5 Å². The number of fused-ring (bicyclic) bond motifs is 1. The Kier molecular flexibility index (Phi) is 5.38. The Hall–Kier alpha value is -3.27. The number of hydrogen-bond acceptors (Lipinski definition) is 6. The van der Waals surface area contributed by atoms with Gasteiger partial charge in [-0.15, -0.1) is 9.73 Å². The van der Waals surface area contributed by atoms with Crippen LogP contribution in [0.15, 0.2) is 18.2 Å². The third-order valence-electron chi connectivity index (χ3n) is 4.08. The van der Waals surface area contributed by atoms with Gasteiger partial charge in [-0.25, -0.2) is 9.59 Å². The molecule has 1 aromatic carbocycles. The molecule has 3 N–H and O–H groups in total. The number of carbonyl (C=O) groups excluding carboxylic acids is 2. The fourth-order valence-electron chi connectivity index (χ4n) is 2.65. The van der Waals surface area contributed by atoms with E-state index in [0.717, 1.165) is 0 Å². The van der Waals surface area contributed by atoms with Crippen molar-refractivity contribution in [3.8, 4) is 11.4 Å². The molecule has 0 aliphatic carbocycles. The molecule has 0 aliphatic rings. The number of ether oxygens (including phenoxy) is 2. The van der Waals surface area contributed by atoms with E-state index < -0.39 is 12.2 Å². The van der Waals surface area contributed by atoms with Crippen LogP contribution in [0.3, 0.4) is 0 Å². The van der Waals surface area contributed by atoms with E-state index in [0.29, 0.717) is 39.1 Å². The van der Waals surface area contributed by atoms with Crippen molar-refractivity contribution in [2.45, 2.75) is 26.2 Å². The lowest BCUT2D eigenvalue weighted by atomic mass is 9.92. The second kappa shape index (κ2) is 7.63. The smallest absolute Gasteiger partial charge is 0.411 e. The molecule has 0 aliphatic heterocycles. The summed E-state index contributed by atoms with van der Waals surface area (Å²) in [6.45, 7) is 6.01. The maximum atomic E-state index is 11.7. The lowest BCUT2D eigenvalue weighted by Crippen LogP contribution is -2.14. The van der Waals surface area contributed by atoms with Crippen molar-refractivity contribution in [3.63, 3.8) is 0 Å². The van der Waals surface area contributed by atoms with Crippen LogP contribution in [0.2, 0.25) is 5.02 Å². The van der Waals surface area contributed by atoms with E-state index in [1.54, 1.807) is 18.2 Å². The minimum Gasteiger partial charge on any atom is -0.453 e. The average Bonchev–Trinajstić information content (AvgIpc) is 3.22. The number of carbonyl (C=O) groups is 2. The van der Waals surface area contributed by atoms with E-state index in [9.17, 15) is 9.59 Å². The van der Waals surface area contributed by atoms with Gasteiger partial charge in [0.15, 0.2) is 11.5 Å². The van der Waals surface area contributed by atoms with E-state index in [2.05, 4.69) is 35.3 Å². The minimum atomic E-state index is -0.649. The van der Waals surface area contributed by atoms with Crippen LogP contribution >= 0.6 is 11.6 Å². The molecule has 3 rings (SSSR count). The molecular weight excluding hydrogens is 400 g/mol. The van der Waals surface area contributed by atoms with E-state index in [4.69, 9.17) is 11.6 Å². The van der Waals surface area contributed by atoms with Crippen LogP contribution in [-0.4, -0.2) is 46.2 Å². The second-order valence-electron chi connectivity index (χ2n) is 7.22. The number of halogens is 1. The molecule has 0 saturated carbocycles. The highest BCUT2D eigenvalue weighted by molar-refractivity contribution is 6.34. The van der Waals surface area contributed by atoms with Gasteiger partial charge in [0.1, 0.15) is 5.02 Å². The molecule has 29 heavy (non-hydrogen) atoms. The Morgan fingerprint density at radius 1 is 1.10 bits per heavy atom. The summed E-state index contributed by atoms with van der Waals surface area (Å²) in [5.74, 6) is 0.384. The van der Waals surface area contributed by atoms with Gasteiger partial charge in [0.25, 0.3) is 0 Å². The third kappa shape index (κ3) is 4.11. The van der Waals surface area contributed by atoms with Gasteiger partial charge in [0, 0.05) is 16.7 Å². The predicted molar refractivity (Wildman–Crippen MR) is 109 cm³/mol. The van der Waals surface area contributed by atoms with Gasteiger partial charge in [0.05, 0.1) is 25.6 Å². The zero-order valence-electron chi connectivity index (χ0n) is 16.6. The largest absolute Gasteiger partial charge is 0.453 e. The van der Waals surface area contributed by atoms with Crippen LogP contribution in [0.25, 0.3) is 17.0 Å². The summed E-state index contributed by atoms with van der Waals surface area (Å²) < 4.78 is 10.7. The first-order valence-electron chi connectivity index (χ1n) is 8.63. The highest BCUT2D eigenvalue weighted by Crippen LogP contribution is 2.34. The van der Waals surface area contributed by atoms with Crippen molar-refractivity contribution in [1.82, 2.24) is 19.8 Å². The standard InChI is InChI=1S/C18H21ClN6O4/c1-18(2,3)13-12(19)15-22-14(24-25(15)23-13)10-8-9(20-16(26)28-4)6-7-11(10)21-17(27)29-5/h6-8H,1-5H3,(H,20,26)(H,21,27)(H,22,24). The molecule has 2 aromatic heterocycles. The molecule has 2 heterocycles. The highest BCUT2D eigenvalue weighted by Gasteiger charge is 2.25. The number of aromatic nitrogens is 4. The number of anilines is 2. The Morgan fingerprint density at radius 3 is 2.34 bits per heavy atom. The minimum absolute atomic E-state index is 0.256. The summed E-state index contributed by atoms with van der Waals surface area (Å²) in [7, 11) is 2.52. The second-order valence-corrected chi connectivity index (χ2v) is 7.60. The molecule has 154 valence electrons. The van der Waals surface area contributed by atoms with Crippen LogP contribution in [0.4, 0.5) is 21.0 Å². The van der Waals surface area contributed by atoms with Gasteiger partial charge in [-0.2, -0.15) is 5.10 Å². The topological polar surface area (TPSA) is 123 Å². The number of methoxy groups -OCH3 is 2. The Balaban J connectivity index is 2.10. The van der Waals surface area contributed by atoms with Crippen LogP contribution in [0, 0.1) is 0 Å². The summed E-state index contributed by atoms with van der Waals surface area (Å²) >= 11 is 6.49. The van der Waals surface area contributed by atoms with E-state index in [-0.39, 0.29) is 5.41 Å². The van der Waals surface area contributed by atoms with Crippen LogP contribution < -0.4 is 10.6 Å². The van der Waals surface area contributed by atoms with E-state index in [1.165, 1.54) is 18.8 Å². The summed E-state index contributed by atoms with van der Waals surface area (Å²) in [4.78, 5) is 26.4. The fourth-order valence-corrected chi connectivity index (χ4v) is 3.10. The SMILES string of the molecule is COC(=O)Nc1ccc(NC(=O)OC)c(-c2nn3nc(C(C)(C)C)c(Cl)c3[nH]2)c1. The summed E-state index contributed by atoms with van der Waals surface area (Å²) in [5.41, 5.74) is 2.31. The maximum Gasteiger partial charge on any atom is 0.411 e. The van der Waals surface area contributed by atoms with Crippen LogP contribution in [0.1, 0.15) is 26.5 Å². The molecular formula is C18H21ClN6O4. The molecule has 0 spiro atoms. The molecule has 0 unspecified atom stereocenters. The molecule has 2 amide bonds. The summed E-state index contributed by atoms with van der Waals surface area (Å²) in [5, 5.41) is 14.5.